The van der Waals surface area contributed by atoms with Gasteiger partial charge in [-0.25, -0.2) is 9.78 Å². The van der Waals surface area contributed by atoms with E-state index in [0.29, 0.717) is 5.25 Å². The summed E-state index contributed by atoms with van der Waals surface area (Å²) in [6, 6.07) is 3.54. The average molecular weight is 278 g/mol. The molecule has 1 aromatic heterocycles. The highest BCUT2D eigenvalue weighted by molar-refractivity contribution is 8.02. The lowest BCUT2D eigenvalue weighted by atomic mass is 10.1. The van der Waals surface area contributed by atoms with Gasteiger partial charge < -0.3 is 5.11 Å². The van der Waals surface area contributed by atoms with Gasteiger partial charge in [0.2, 0.25) is 0 Å². The van der Waals surface area contributed by atoms with Crippen LogP contribution in [0.4, 0.5) is 0 Å². The van der Waals surface area contributed by atoms with Crippen LogP contribution in [0.1, 0.15) is 28.9 Å². The third-order valence-electron chi connectivity index (χ3n) is 3.20. The van der Waals surface area contributed by atoms with Gasteiger partial charge >= 0.3 is 5.97 Å². The van der Waals surface area contributed by atoms with Crippen molar-refractivity contribution in [2.75, 3.05) is 13.1 Å². The molecule has 1 fully saturated rings. The van der Waals surface area contributed by atoms with Gasteiger partial charge in [-0.2, -0.15) is 0 Å². The van der Waals surface area contributed by atoms with Crippen molar-refractivity contribution in [2.45, 2.75) is 24.6 Å². The number of likely N-dealkylation sites (tertiary alicyclic amines) is 1. The molecular weight excluding hydrogens is 260 g/mol. The van der Waals surface area contributed by atoms with E-state index in [1.54, 1.807) is 24.0 Å². The number of aromatic carboxylic acids is 1. The quantitative estimate of drug-likeness (QED) is 0.897. The Kier molecular flexibility index (Phi) is 4.99. The minimum absolute atomic E-state index is 0.117. The molecule has 0 bridgehead atoms. The zero-order valence-electron chi connectivity index (χ0n) is 10.8. The molecule has 2 heterocycles. The van der Waals surface area contributed by atoms with E-state index in [-0.39, 0.29) is 5.69 Å². The van der Waals surface area contributed by atoms with Crippen molar-refractivity contribution in [3.63, 3.8) is 0 Å². The maximum absolute atomic E-state index is 10.9. The molecule has 1 aliphatic rings. The molecule has 19 heavy (non-hydrogen) atoms. The van der Waals surface area contributed by atoms with Gasteiger partial charge in [0.1, 0.15) is 5.69 Å². The molecule has 1 saturated heterocycles. The van der Waals surface area contributed by atoms with Crippen LogP contribution in [-0.4, -0.2) is 39.3 Å². The minimum atomic E-state index is -0.972. The second-order valence-electron chi connectivity index (χ2n) is 4.66. The smallest absolute Gasteiger partial charge is 0.354 e. The Bertz CT molecular complexity index is 465. The second kappa shape index (κ2) is 6.73. The van der Waals surface area contributed by atoms with E-state index in [0.717, 1.165) is 25.2 Å². The fourth-order valence-electron chi connectivity index (χ4n) is 2.35. The Morgan fingerprint density at radius 2 is 2.53 bits per heavy atom. The Balaban J connectivity index is 1.98. The predicted octanol–water partition coefficient (Wildman–Crippen LogP) is 2.62. The number of thioether (sulfide) groups is 1. The Morgan fingerprint density at radius 3 is 3.26 bits per heavy atom. The molecular formula is C14H18N2O2S. The summed E-state index contributed by atoms with van der Waals surface area (Å²) in [5.41, 5.74) is 1.13. The number of carbonyl (C=O) groups is 1. The lowest BCUT2D eigenvalue weighted by Gasteiger charge is -2.31. The number of aromatic nitrogens is 1. The van der Waals surface area contributed by atoms with Gasteiger partial charge in [0.25, 0.3) is 0 Å². The number of hydrogen-bond acceptors (Lipinski definition) is 4. The molecule has 0 spiro atoms. The SMILES string of the molecule is C=CSC1CCCN(Cc2ccnc(C(=O)O)c2)C1. The van der Waals surface area contributed by atoms with E-state index >= 15 is 0 Å². The van der Waals surface area contributed by atoms with Crippen LogP contribution in [0.3, 0.4) is 0 Å². The molecule has 2 rings (SSSR count). The Hall–Kier alpha value is -1.33. The maximum atomic E-state index is 10.9. The number of piperidine rings is 1. The largest absolute Gasteiger partial charge is 0.477 e. The molecule has 1 N–H and O–H groups in total. The summed E-state index contributed by atoms with van der Waals surface area (Å²) < 4.78 is 0. The fourth-order valence-corrected chi connectivity index (χ4v) is 3.22. The molecule has 0 amide bonds. The van der Waals surface area contributed by atoms with Crippen LogP contribution in [0.15, 0.2) is 30.3 Å². The van der Waals surface area contributed by atoms with Gasteiger partial charge in [-0.1, -0.05) is 6.58 Å². The highest BCUT2D eigenvalue weighted by Crippen LogP contribution is 2.23. The van der Waals surface area contributed by atoms with Crippen LogP contribution in [0, 0.1) is 0 Å². The molecule has 4 nitrogen and oxygen atoms in total. The van der Waals surface area contributed by atoms with E-state index in [9.17, 15) is 4.79 Å². The summed E-state index contributed by atoms with van der Waals surface area (Å²) in [6.45, 7) is 6.65. The highest BCUT2D eigenvalue weighted by atomic mass is 32.2. The molecule has 0 aliphatic carbocycles. The molecule has 0 radical (unpaired) electrons. The highest BCUT2D eigenvalue weighted by Gasteiger charge is 2.19. The third kappa shape index (κ3) is 4.08. The zero-order chi connectivity index (χ0) is 13.7. The van der Waals surface area contributed by atoms with Crippen molar-refractivity contribution >= 4 is 17.7 Å². The lowest BCUT2D eigenvalue weighted by Crippen LogP contribution is -2.36. The molecule has 1 aliphatic heterocycles. The Morgan fingerprint density at radius 1 is 1.68 bits per heavy atom. The number of hydrogen-bond donors (Lipinski definition) is 1. The number of rotatable bonds is 5. The van der Waals surface area contributed by atoms with Gasteiger partial charge in [-0.3, -0.25) is 4.90 Å². The molecule has 0 saturated carbocycles. The van der Waals surface area contributed by atoms with E-state index in [1.807, 2.05) is 11.5 Å². The van der Waals surface area contributed by atoms with Crippen molar-refractivity contribution in [2.24, 2.45) is 0 Å². The van der Waals surface area contributed by atoms with Crippen LogP contribution in [0.5, 0.6) is 0 Å². The fraction of sp³-hybridized carbons (Fsp3) is 0.429. The summed E-state index contributed by atoms with van der Waals surface area (Å²) in [5, 5.41) is 11.4. The molecule has 1 atom stereocenters. The van der Waals surface area contributed by atoms with Crippen molar-refractivity contribution in [3.8, 4) is 0 Å². The summed E-state index contributed by atoms with van der Waals surface area (Å²) in [6.07, 6.45) is 3.98. The Labute approximate surface area is 117 Å². The first kappa shape index (κ1) is 14.1. The first-order valence-electron chi connectivity index (χ1n) is 6.36. The van der Waals surface area contributed by atoms with E-state index in [1.165, 1.54) is 12.8 Å². The van der Waals surface area contributed by atoms with Crippen LogP contribution in [-0.2, 0) is 6.54 Å². The van der Waals surface area contributed by atoms with E-state index in [2.05, 4.69) is 16.5 Å². The summed E-state index contributed by atoms with van der Waals surface area (Å²) >= 11 is 1.79. The van der Waals surface area contributed by atoms with E-state index in [4.69, 9.17) is 5.11 Å². The van der Waals surface area contributed by atoms with Gasteiger partial charge in [-0.15, -0.1) is 11.8 Å². The minimum Gasteiger partial charge on any atom is -0.477 e. The van der Waals surface area contributed by atoms with Gasteiger partial charge in [-0.05, 0) is 42.5 Å². The van der Waals surface area contributed by atoms with Gasteiger partial charge in [0.15, 0.2) is 0 Å². The van der Waals surface area contributed by atoms with Crippen molar-refractivity contribution in [1.29, 1.82) is 0 Å². The monoisotopic (exact) mass is 278 g/mol. The predicted molar refractivity (Wildman–Crippen MR) is 77.3 cm³/mol. The number of carboxylic acid groups (broad SMARTS) is 1. The number of pyridine rings is 1. The standard InChI is InChI=1S/C14H18N2O2S/c1-2-19-12-4-3-7-16(10-12)9-11-5-6-15-13(8-11)14(17)18/h2,5-6,8,12H,1,3-4,7,9-10H2,(H,17,18). The maximum Gasteiger partial charge on any atom is 0.354 e. The topological polar surface area (TPSA) is 53.4 Å². The van der Waals surface area contributed by atoms with Crippen molar-refractivity contribution < 1.29 is 9.90 Å². The first-order chi connectivity index (χ1) is 9.19. The first-order valence-corrected chi connectivity index (χ1v) is 7.30. The summed E-state index contributed by atoms with van der Waals surface area (Å²) in [4.78, 5) is 17.1. The van der Waals surface area contributed by atoms with Gasteiger partial charge in [0.05, 0.1) is 0 Å². The van der Waals surface area contributed by atoms with Crippen LogP contribution in [0.2, 0.25) is 0 Å². The van der Waals surface area contributed by atoms with E-state index < -0.39 is 5.97 Å². The van der Waals surface area contributed by atoms with Crippen LogP contribution < -0.4 is 0 Å². The molecule has 1 aromatic rings. The number of nitrogens with zero attached hydrogens (tertiary/aromatic N) is 2. The zero-order valence-corrected chi connectivity index (χ0v) is 11.6. The van der Waals surface area contributed by atoms with Crippen molar-refractivity contribution in [1.82, 2.24) is 9.88 Å². The van der Waals surface area contributed by atoms with Gasteiger partial charge in [0, 0.05) is 24.5 Å². The lowest BCUT2D eigenvalue weighted by molar-refractivity contribution is 0.0690. The average Bonchev–Trinajstić information content (AvgIpc) is 2.40. The van der Waals surface area contributed by atoms with Crippen LogP contribution >= 0.6 is 11.8 Å². The third-order valence-corrected chi connectivity index (χ3v) is 4.16. The molecule has 5 heteroatoms. The molecule has 0 aromatic carbocycles. The van der Waals surface area contributed by atoms with Crippen LogP contribution in [0.25, 0.3) is 0 Å². The summed E-state index contributed by atoms with van der Waals surface area (Å²) in [7, 11) is 0. The second-order valence-corrected chi connectivity index (χ2v) is 5.93. The number of carboxylic acids is 1. The van der Waals surface area contributed by atoms with Crippen molar-refractivity contribution in [3.05, 3.63) is 41.6 Å². The molecule has 102 valence electrons. The molecule has 1 unspecified atom stereocenters. The summed E-state index contributed by atoms with van der Waals surface area (Å²) in [5.74, 6) is -0.972. The normalized spacial score (nSPS) is 20.1.